The van der Waals surface area contributed by atoms with Crippen LogP contribution in [0.3, 0.4) is 0 Å². The first-order chi connectivity index (χ1) is 7.98. The molecule has 0 aliphatic heterocycles. The van der Waals surface area contributed by atoms with E-state index in [4.69, 9.17) is 11.6 Å². The molecule has 8 heteroatoms. The molecule has 1 rings (SSSR count). The molecule has 1 aromatic rings. The fraction of sp³-hybridized carbons (Fsp3) is 0.778. The van der Waals surface area contributed by atoms with Gasteiger partial charge in [-0.05, 0) is 6.42 Å². The van der Waals surface area contributed by atoms with Crippen LogP contribution in [0.4, 0.5) is 13.2 Å². The van der Waals surface area contributed by atoms with Crippen molar-refractivity contribution < 1.29 is 17.9 Å². The molecule has 0 saturated carbocycles. The lowest BCUT2D eigenvalue weighted by molar-refractivity contribution is -0.177. The van der Waals surface area contributed by atoms with Gasteiger partial charge in [0.15, 0.2) is 5.82 Å². The van der Waals surface area contributed by atoms with Crippen molar-refractivity contribution in [2.45, 2.75) is 38.6 Å². The average Bonchev–Trinajstić information content (AvgIpc) is 2.60. The van der Waals surface area contributed by atoms with E-state index < -0.39 is 12.8 Å². The van der Waals surface area contributed by atoms with E-state index in [1.807, 2.05) is 6.92 Å². The second-order valence-corrected chi connectivity index (χ2v) is 3.69. The Morgan fingerprint density at radius 2 is 1.94 bits per heavy atom. The summed E-state index contributed by atoms with van der Waals surface area (Å²) in [6.07, 6.45) is -3.51. The third-order valence-corrected chi connectivity index (χ3v) is 2.21. The molecular weight excluding hydrogens is 259 g/mol. The predicted octanol–water partition coefficient (Wildman–Crippen LogP) is 2.51. The Kier molecular flexibility index (Phi) is 5.20. The van der Waals surface area contributed by atoms with Crippen LogP contribution in [0.25, 0.3) is 0 Å². The van der Waals surface area contributed by atoms with E-state index in [2.05, 4.69) is 14.9 Å². The number of nitrogens with zero attached hydrogens (tertiary/aromatic N) is 3. The molecule has 0 N–H and O–H groups in total. The molecule has 98 valence electrons. The molecule has 0 bridgehead atoms. The highest BCUT2D eigenvalue weighted by atomic mass is 35.5. The zero-order valence-electron chi connectivity index (χ0n) is 9.30. The Morgan fingerprint density at radius 3 is 2.47 bits per heavy atom. The maximum atomic E-state index is 11.9. The number of ether oxygens (including phenoxy) is 1. The van der Waals surface area contributed by atoms with E-state index in [1.54, 1.807) is 4.57 Å². The number of alkyl halides is 4. The molecule has 0 saturated heterocycles. The Morgan fingerprint density at radius 1 is 1.29 bits per heavy atom. The van der Waals surface area contributed by atoms with Gasteiger partial charge in [-0.3, -0.25) is 0 Å². The van der Waals surface area contributed by atoms with Crippen molar-refractivity contribution in [2.75, 3.05) is 6.61 Å². The van der Waals surface area contributed by atoms with E-state index in [0.717, 1.165) is 6.42 Å². The van der Waals surface area contributed by atoms with E-state index >= 15 is 0 Å². The molecule has 0 amide bonds. The Labute approximate surface area is 102 Å². The molecule has 0 fully saturated rings. The molecule has 0 radical (unpaired) electrons. The summed E-state index contributed by atoms with van der Waals surface area (Å²) in [4.78, 5) is 0. The number of halogens is 4. The summed E-state index contributed by atoms with van der Waals surface area (Å²) < 4.78 is 41.9. The number of aromatic nitrogens is 3. The molecule has 1 heterocycles. The van der Waals surface area contributed by atoms with Gasteiger partial charge in [0.1, 0.15) is 19.0 Å². The first-order valence-electron chi connectivity index (χ1n) is 5.09. The summed E-state index contributed by atoms with van der Waals surface area (Å²) in [5.41, 5.74) is 0. The Balaban J connectivity index is 2.61. The van der Waals surface area contributed by atoms with Crippen molar-refractivity contribution in [3.8, 4) is 0 Å². The molecule has 17 heavy (non-hydrogen) atoms. The van der Waals surface area contributed by atoms with Crippen LogP contribution in [0.1, 0.15) is 25.0 Å². The maximum Gasteiger partial charge on any atom is 0.411 e. The van der Waals surface area contributed by atoms with Crippen LogP contribution in [0.2, 0.25) is 0 Å². The molecule has 1 aromatic heterocycles. The zero-order valence-corrected chi connectivity index (χ0v) is 10.1. The molecule has 0 aliphatic rings. The molecule has 0 spiro atoms. The van der Waals surface area contributed by atoms with Gasteiger partial charge in [0.25, 0.3) is 0 Å². The molecule has 4 nitrogen and oxygen atoms in total. The van der Waals surface area contributed by atoms with Crippen LogP contribution in [0.5, 0.6) is 0 Å². The SMILES string of the molecule is CCCn1c(CCl)nnc1COCC(F)(F)F. The summed E-state index contributed by atoms with van der Waals surface area (Å²) in [6.45, 7) is 1.05. The van der Waals surface area contributed by atoms with Gasteiger partial charge in [0, 0.05) is 6.54 Å². The van der Waals surface area contributed by atoms with Crippen molar-refractivity contribution in [2.24, 2.45) is 0 Å². The standard InChI is InChI=1S/C9H13ClF3N3O/c1-2-3-16-7(4-10)14-15-8(16)5-17-6-9(11,12)13/h2-6H2,1H3. The monoisotopic (exact) mass is 271 g/mol. The van der Waals surface area contributed by atoms with Crippen LogP contribution in [0.15, 0.2) is 0 Å². The minimum absolute atomic E-state index is 0.173. The van der Waals surface area contributed by atoms with Gasteiger partial charge in [-0.15, -0.1) is 21.8 Å². The highest BCUT2D eigenvalue weighted by Crippen LogP contribution is 2.15. The van der Waals surface area contributed by atoms with Crippen LogP contribution in [-0.4, -0.2) is 27.5 Å². The number of hydrogen-bond donors (Lipinski definition) is 0. The van der Waals surface area contributed by atoms with Crippen molar-refractivity contribution in [1.29, 1.82) is 0 Å². The van der Waals surface area contributed by atoms with E-state index in [1.165, 1.54) is 0 Å². The van der Waals surface area contributed by atoms with Gasteiger partial charge in [-0.2, -0.15) is 13.2 Å². The normalized spacial score (nSPS) is 12.1. The first-order valence-corrected chi connectivity index (χ1v) is 5.62. The lowest BCUT2D eigenvalue weighted by Gasteiger charge is -2.09. The van der Waals surface area contributed by atoms with Crippen molar-refractivity contribution in [3.05, 3.63) is 11.6 Å². The van der Waals surface area contributed by atoms with E-state index in [9.17, 15) is 13.2 Å². The molecule has 0 unspecified atom stereocenters. The zero-order chi connectivity index (χ0) is 12.9. The van der Waals surface area contributed by atoms with Crippen LogP contribution in [-0.2, 0) is 23.8 Å². The molecular formula is C9H13ClF3N3O. The minimum atomic E-state index is -4.33. The summed E-state index contributed by atoms with van der Waals surface area (Å²) in [6, 6.07) is 0. The highest BCUT2D eigenvalue weighted by Gasteiger charge is 2.27. The van der Waals surface area contributed by atoms with E-state index in [0.29, 0.717) is 18.2 Å². The minimum Gasteiger partial charge on any atom is -0.364 e. The third-order valence-electron chi connectivity index (χ3n) is 1.97. The fourth-order valence-electron chi connectivity index (χ4n) is 1.32. The molecule has 0 aromatic carbocycles. The van der Waals surface area contributed by atoms with Gasteiger partial charge >= 0.3 is 6.18 Å². The number of rotatable bonds is 6. The maximum absolute atomic E-state index is 11.9. The topological polar surface area (TPSA) is 39.9 Å². The van der Waals surface area contributed by atoms with Gasteiger partial charge in [-0.25, -0.2) is 0 Å². The first kappa shape index (κ1) is 14.2. The third kappa shape index (κ3) is 4.51. The van der Waals surface area contributed by atoms with E-state index in [-0.39, 0.29) is 12.5 Å². The van der Waals surface area contributed by atoms with Crippen molar-refractivity contribution in [3.63, 3.8) is 0 Å². The predicted molar refractivity (Wildman–Crippen MR) is 55.6 cm³/mol. The van der Waals surface area contributed by atoms with Gasteiger partial charge in [-0.1, -0.05) is 6.92 Å². The highest BCUT2D eigenvalue weighted by molar-refractivity contribution is 6.16. The smallest absolute Gasteiger partial charge is 0.364 e. The average molecular weight is 272 g/mol. The second kappa shape index (κ2) is 6.20. The molecule has 0 atom stereocenters. The molecule has 0 aliphatic carbocycles. The summed E-state index contributed by atoms with van der Waals surface area (Å²) >= 11 is 5.64. The lowest BCUT2D eigenvalue weighted by atomic mass is 10.4. The largest absolute Gasteiger partial charge is 0.411 e. The van der Waals surface area contributed by atoms with Crippen LogP contribution < -0.4 is 0 Å². The Hall–Kier alpha value is -0.820. The van der Waals surface area contributed by atoms with Gasteiger partial charge in [0.2, 0.25) is 0 Å². The van der Waals surface area contributed by atoms with Crippen LogP contribution in [0, 0.1) is 0 Å². The quantitative estimate of drug-likeness (QED) is 0.747. The number of hydrogen-bond acceptors (Lipinski definition) is 3. The van der Waals surface area contributed by atoms with Gasteiger partial charge in [0.05, 0.1) is 5.88 Å². The van der Waals surface area contributed by atoms with Crippen molar-refractivity contribution >= 4 is 11.6 Å². The summed E-state index contributed by atoms with van der Waals surface area (Å²) in [7, 11) is 0. The Bertz CT molecular complexity index is 354. The van der Waals surface area contributed by atoms with Crippen molar-refractivity contribution in [1.82, 2.24) is 14.8 Å². The second-order valence-electron chi connectivity index (χ2n) is 3.43. The fourth-order valence-corrected chi connectivity index (χ4v) is 1.52. The van der Waals surface area contributed by atoms with Gasteiger partial charge < -0.3 is 9.30 Å². The lowest BCUT2D eigenvalue weighted by Crippen LogP contribution is -2.18. The van der Waals surface area contributed by atoms with Crippen LogP contribution >= 0.6 is 11.6 Å². The summed E-state index contributed by atoms with van der Waals surface area (Å²) in [5, 5.41) is 7.55. The summed E-state index contributed by atoms with van der Waals surface area (Å²) in [5.74, 6) is 1.08.